The topological polar surface area (TPSA) is 71.1 Å². The first-order chi connectivity index (χ1) is 15.2. The Morgan fingerprint density at radius 3 is 2.44 bits per heavy atom. The first-order valence-corrected chi connectivity index (χ1v) is 12.8. The maximum atomic E-state index is 12.4. The Kier molecular flexibility index (Phi) is 7.06. The zero-order valence-corrected chi connectivity index (χ0v) is 18.8. The van der Waals surface area contributed by atoms with Crippen molar-refractivity contribution in [2.24, 2.45) is 5.92 Å². The van der Waals surface area contributed by atoms with Crippen LogP contribution in [-0.4, -0.2) is 70.8 Å². The van der Waals surface area contributed by atoms with Gasteiger partial charge in [0.05, 0.1) is 5.69 Å². The highest BCUT2D eigenvalue weighted by molar-refractivity contribution is 7.89. The molecule has 4 rings (SSSR count). The summed E-state index contributed by atoms with van der Waals surface area (Å²) in [6, 6.07) is 5.57. The number of nitrogens with one attached hydrogen (secondary N) is 1. The highest BCUT2D eigenvalue weighted by Gasteiger charge is 2.36. The lowest BCUT2D eigenvalue weighted by molar-refractivity contribution is -0.106. The molecule has 1 saturated heterocycles. The van der Waals surface area contributed by atoms with Gasteiger partial charge in [-0.1, -0.05) is 6.07 Å². The predicted molar refractivity (Wildman–Crippen MR) is 115 cm³/mol. The minimum absolute atomic E-state index is 0.262. The summed E-state index contributed by atoms with van der Waals surface area (Å²) in [5.74, 6) is 0.292. The second-order valence-corrected chi connectivity index (χ2v) is 10.6. The molecule has 32 heavy (non-hydrogen) atoms. The van der Waals surface area contributed by atoms with Crippen LogP contribution in [0, 0.1) is 5.92 Å². The van der Waals surface area contributed by atoms with E-state index in [1.807, 2.05) is 12.1 Å². The third kappa shape index (κ3) is 6.20. The minimum Gasteiger partial charge on any atom is -0.454 e. The molecule has 0 amide bonds. The molecule has 0 bridgehead atoms. The number of ether oxygens (including phenoxy) is 2. The van der Waals surface area contributed by atoms with Crippen molar-refractivity contribution in [3.63, 3.8) is 0 Å². The zero-order chi connectivity index (χ0) is 22.8. The minimum atomic E-state index is -4.71. The van der Waals surface area contributed by atoms with Crippen LogP contribution in [-0.2, 0) is 10.0 Å². The summed E-state index contributed by atoms with van der Waals surface area (Å²) < 4.78 is 73.8. The van der Waals surface area contributed by atoms with Crippen molar-refractivity contribution in [2.45, 2.75) is 44.3 Å². The molecular formula is C21H30F3N3O4S. The Balaban J connectivity index is 1.16. The predicted octanol–water partition coefficient (Wildman–Crippen LogP) is 2.97. The van der Waals surface area contributed by atoms with Crippen molar-refractivity contribution < 1.29 is 31.1 Å². The highest BCUT2D eigenvalue weighted by Crippen LogP contribution is 2.41. The molecule has 3 aliphatic rings. The van der Waals surface area contributed by atoms with Crippen LogP contribution in [0.4, 0.5) is 18.9 Å². The fraction of sp³-hybridized carbons (Fsp3) is 0.714. The summed E-state index contributed by atoms with van der Waals surface area (Å²) in [4.78, 5) is 4.76. The van der Waals surface area contributed by atoms with Gasteiger partial charge in [0.25, 0.3) is 0 Å². The normalized spacial score (nSPS) is 24.7. The smallest absolute Gasteiger partial charge is 0.404 e. The lowest BCUT2D eigenvalue weighted by atomic mass is 9.84. The summed E-state index contributed by atoms with van der Waals surface area (Å²) in [6.45, 7) is 4.98. The lowest BCUT2D eigenvalue weighted by Crippen LogP contribution is -2.47. The molecule has 2 aliphatic heterocycles. The Morgan fingerprint density at radius 1 is 1.03 bits per heavy atom. The van der Waals surface area contributed by atoms with E-state index in [1.54, 1.807) is 0 Å². The van der Waals surface area contributed by atoms with Gasteiger partial charge in [0.15, 0.2) is 17.3 Å². The van der Waals surface area contributed by atoms with E-state index in [2.05, 4.69) is 20.6 Å². The van der Waals surface area contributed by atoms with Crippen LogP contribution in [0.15, 0.2) is 18.2 Å². The molecule has 7 nitrogen and oxygen atoms in total. The van der Waals surface area contributed by atoms with Crippen LogP contribution in [0.2, 0.25) is 0 Å². The number of anilines is 1. The number of hydrogen-bond acceptors (Lipinski definition) is 6. The number of piperazine rings is 1. The van der Waals surface area contributed by atoms with E-state index < -0.39 is 22.0 Å². The van der Waals surface area contributed by atoms with Gasteiger partial charge in [-0.05, 0) is 56.7 Å². The largest absolute Gasteiger partial charge is 0.454 e. The molecule has 0 aromatic heterocycles. The van der Waals surface area contributed by atoms with Crippen LogP contribution < -0.4 is 19.1 Å². The average Bonchev–Trinajstić information content (AvgIpc) is 3.21. The Hall–Kier alpha value is -1.72. The van der Waals surface area contributed by atoms with Crippen molar-refractivity contribution in [1.29, 1.82) is 0 Å². The molecule has 1 aromatic carbocycles. The zero-order valence-electron chi connectivity index (χ0n) is 17.9. The van der Waals surface area contributed by atoms with Gasteiger partial charge < -0.3 is 14.4 Å². The number of hydrogen-bond donors (Lipinski definition) is 1. The number of nitrogens with zero attached hydrogens (tertiary/aromatic N) is 2. The van der Waals surface area contributed by atoms with Crippen LogP contribution in [0.25, 0.3) is 0 Å². The second kappa shape index (κ2) is 9.64. The Morgan fingerprint density at radius 2 is 1.75 bits per heavy atom. The van der Waals surface area contributed by atoms with E-state index in [0.717, 1.165) is 69.2 Å². The standard InChI is InChI=1S/C21H30F3N3O4S/c22-21(23,24)14-32(28,29)25-17-6-4-16(5-7-17)8-9-26-10-12-27(13-11-26)18-2-1-3-19-20(18)31-15-30-19/h1-3,16-17,25H,4-15H2/t16-,17-. The van der Waals surface area contributed by atoms with Gasteiger partial charge in [-0.3, -0.25) is 4.90 Å². The van der Waals surface area contributed by atoms with E-state index in [1.165, 1.54) is 0 Å². The summed E-state index contributed by atoms with van der Waals surface area (Å²) in [5, 5.41) is 0. The SMILES string of the molecule is O=S(=O)(CC(F)(F)F)N[C@H]1CC[C@H](CCN2CCN(c3cccc4c3OCO4)CC2)CC1. The molecule has 1 saturated carbocycles. The maximum absolute atomic E-state index is 12.4. The third-order valence-corrected chi connectivity index (χ3v) is 7.89. The Labute approximate surface area is 186 Å². The van der Waals surface area contributed by atoms with Gasteiger partial charge in [0, 0.05) is 32.2 Å². The summed E-state index contributed by atoms with van der Waals surface area (Å²) in [7, 11) is -4.32. The van der Waals surface area contributed by atoms with Gasteiger partial charge in [0.2, 0.25) is 16.8 Å². The van der Waals surface area contributed by atoms with E-state index in [-0.39, 0.29) is 12.8 Å². The maximum Gasteiger partial charge on any atom is 0.404 e. The van der Waals surface area contributed by atoms with Gasteiger partial charge >= 0.3 is 6.18 Å². The van der Waals surface area contributed by atoms with Crippen molar-refractivity contribution >= 4 is 15.7 Å². The summed E-state index contributed by atoms with van der Waals surface area (Å²) in [5.41, 5.74) is 1.07. The van der Waals surface area contributed by atoms with Crippen LogP contribution in [0.5, 0.6) is 11.5 Å². The Bertz CT molecular complexity index is 881. The monoisotopic (exact) mass is 477 g/mol. The number of fused-ring (bicyclic) bond motifs is 1. The number of para-hydroxylation sites is 1. The average molecular weight is 478 g/mol. The number of sulfonamides is 1. The fourth-order valence-corrected chi connectivity index (χ4v) is 6.08. The molecular weight excluding hydrogens is 447 g/mol. The second-order valence-electron chi connectivity index (χ2n) is 8.84. The molecule has 1 N–H and O–H groups in total. The molecule has 180 valence electrons. The summed E-state index contributed by atoms with van der Waals surface area (Å²) in [6.07, 6.45) is -0.819. The number of rotatable bonds is 7. The molecule has 0 spiro atoms. The van der Waals surface area contributed by atoms with Gasteiger partial charge in [-0.15, -0.1) is 0 Å². The number of alkyl halides is 3. The third-order valence-electron chi connectivity index (χ3n) is 6.49. The molecule has 2 heterocycles. The van der Waals surface area contributed by atoms with Crippen LogP contribution >= 0.6 is 0 Å². The quantitative estimate of drug-likeness (QED) is 0.651. The van der Waals surface area contributed by atoms with E-state index in [9.17, 15) is 21.6 Å². The van der Waals surface area contributed by atoms with Crippen molar-refractivity contribution in [2.75, 3.05) is 50.2 Å². The van der Waals surface area contributed by atoms with Gasteiger partial charge in [-0.2, -0.15) is 13.2 Å². The van der Waals surface area contributed by atoms with Gasteiger partial charge in [0.1, 0.15) is 0 Å². The van der Waals surface area contributed by atoms with Crippen LogP contribution in [0.3, 0.4) is 0 Å². The lowest BCUT2D eigenvalue weighted by Gasteiger charge is -2.37. The van der Waals surface area contributed by atoms with Gasteiger partial charge in [-0.25, -0.2) is 13.1 Å². The fourth-order valence-electron chi connectivity index (χ4n) is 4.82. The van der Waals surface area contributed by atoms with E-state index in [0.29, 0.717) is 18.8 Å². The first-order valence-electron chi connectivity index (χ1n) is 11.1. The molecule has 1 aromatic rings. The van der Waals surface area contributed by atoms with Crippen molar-refractivity contribution in [3.05, 3.63) is 18.2 Å². The number of halogens is 3. The first kappa shape index (κ1) is 23.4. The number of benzene rings is 1. The van der Waals surface area contributed by atoms with Crippen LogP contribution in [0.1, 0.15) is 32.1 Å². The highest BCUT2D eigenvalue weighted by atomic mass is 32.2. The van der Waals surface area contributed by atoms with E-state index in [4.69, 9.17) is 9.47 Å². The van der Waals surface area contributed by atoms with Crippen molar-refractivity contribution in [3.8, 4) is 11.5 Å². The molecule has 0 radical (unpaired) electrons. The molecule has 2 fully saturated rings. The van der Waals surface area contributed by atoms with E-state index >= 15 is 0 Å². The summed E-state index contributed by atoms with van der Waals surface area (Å²) >= 11 is 0. The molecule has 0 unspecified atom stereocenters. The molecule has 1 aliphatic carbocycles. The molecule has 0 atom stereocenters. The molecule has 11 heteroatoms. The van der Waals surface area contributed by atoms with Crippen molar-refractivity contribution in [1.82, 2.24) is 9.62 Å².